The summed E-state index contributed by atoms with van der Waals surface area (Å²) >= 11 is 0. The van der Waals surface area contributed by atoms with Gasteiger partial charge in [-0.1, -0.05) is 36.4 Å². The van der Waals surface area contributed by atoms with Crippen molar-refractivity contribution >= 4 is 0 Å². The first kappa shape index (κ1) is 13.8. The Balaban J connectivity index is 1.61. The summed E-state index contributed by atoms with van der Waals surface area (Å²) in [4.78, 5) is 0. The van der Waals surface area contributed by atoms with Gasteiger partial charge < -0.3 is 10.4 Å². The summed E-state index contributed by atoms with van der Waals surface area (Å²) in [5.41, 5.74) is 6.82. The van der Waals surface area contributed by atoms with Crippen LogP contribution in [-0.2, 0) is 5.41 Å². The molecule has 2 atom stereocenters. The normalized spacial score (nSPS) is 29.2. The third-order valence-electron chi connectivity index (χ3n) is 6.10. The third kappa shape index (κ3) is 2.09. The predicted molar refractivity (Wildman–Crippen MR) is 92.6 cm³/mol. The average molecular weight is 305 g/mol. The van der Waals surface area contributed by atoms with E-state index >= 15 is 0 Å². The highest BCUT2D eigenvalue weighted by molar-refractivity contribution is 5.70. The summed E-state index contributed by atoms with van der Waals surface area (Å²) in [7, 11) is 0. The summed E-state index contributed by atoms with van der Waals surface area (Å²) in [5.74, 6) is 0.745. The van der Waals surface area contributed by atoms with Crippen molar-refractivity contribution in [2.24, 2.45) is 0 Å². The summed E-state index contributed by atoms with van der Waals surface area (Å²) in [6.45, 7) is 2.08. The summed E-state index contributed by atoms with van der Waals surface area (Å²) < 4.78 is 0. The van der Waals surface area contributed by atoms with E-state index in [0.717, 1.165) is 37.4 Å². The Morgan fingerprint density at radius 3 is 2.70 bits per heavy atom. The molecule has 1 saturated heterocycles. The molecule has 0 radical (unpaired) electrons. The molecule has 2 N–H and O–H groups in total. The molecule has 2 fully saturated rings. The van der Waals surface area contributed by atoms with Crippen molar-refractivity contribution in [2.75, 3.05) is 13.1 Å². The first-order valence-electron chi connectivity index (χ1n) is 8.89. The van der Waals surface area contributed by atoms with Gasteiger partial charge in [0.05, 0.1) is 6.10 Å². The molecule has 2 aliphatic carbocycles. The predicted octanol–water partition coefficient (Wildman–Crippen LogP) is 3.90. The summed E-state index contributed by atoms with van der Waals surface area (Å²) in [6, 6.07) is 15.6. The fourth-order valence-electron chi connectivity index (χ4n) is 4.74. The lowest BCUT2D eigenvalue weighted by Gasteiger charge is -2.23. The van der Waals surface area contributed by atoms with E-state index in [1.54, 1.807) is 0 Å². The fraction of sp³-hybridized carbons (Fsp3) is 0.429. The van der Waals surface area contributed by atoms with Gasteiger partial charge in [0.2, 0.25) is 0 Å². The van der Waals surface area contributed by atoms with Crippen molar-refractivity contribution in [1.82, 2.24) is 5.32 Å². The zero-order valence-corrected chi connectivity index (χ0v) is 13.4. The van der Waals surface area contributed by atoms with E-state index in [1.165, 1.54) is 35.1 Å². The van der Waals surface area contributed by atoms with Crippen LogP contribution in [0.25, 0.3) is 11.1 Å². The van der Waals surface area contributed by atoms with Gasteiger partial charge in [0.25, 0.3) is 0 Å². The molecule has 2 aromatic rings. The molecular formula is C21H23NO. The van der Waals surface area contributed by atoms with Gasteiger partial charge >= 0.3 is 0 Å². The van der Waals surface area contributed by atoms with Gasteiger partial charge in [-0.2, -0.15) is 0 Å². The van der Waals surface area contributed by atoms with Crippen molar-refractivity contribution in [3.05, 3.63) is 59.2 Å². The molecule has 5 rings (SSSR count). The van der Waals surface area contributed by atoms with Crippen molar-refractivity contribution in [3.63, 3.8) is 0 Å². The smallest absolute Gasteiger partial charge is 0.0802 e. The number of aliphatic hydroxyl groups excluding tert-OH is 1. The molecule has 1 aliphatic heterocycles. The maximum atomic E-state index is 10.6. The van der Waals surface area contributed by atoms with Crippen LogP contribution in [0.1, 0.15) is 54.4 Å². The Morgan fingerprint density at radius 1 is 1.04 bits per heavy atom. The van der Waals surface area contributed by atoms with Crippen molar-refractivity contribution < 1.29 is 5.11 Å². The molecule has 3 aliphatic rings. The van der Waals surface area contributed by atoms with Gasteiger partial charge in [-0.25, -0.2) is 0 Å². The Morgan fingerprint density at radius 2 is 1.91 bits per heavy atom. The highest BCUT2D eigenvalue weighted by Crippen LogP contribution is 2.50. The molecular weight excluding hydrogens is 282 g/mol. The van der Waals surface area contributed by atoms with E-state index in [4.69, 9.17) is 0 Å². The van der Waals surface area contributed by atoms with Gasteiger partial charge in [-0.15, -0.1) is 0 Å². The van der Waals surface area contributed by atoms with Crippen molar-refractivity contribution in [2.45, 2.75) is 43.1 Å². The van der Waals surface area contributed by atoms with Crippen LogP contribution in [0.4, 0.5) is 0 Å². The maximum absolute atomic E-state index is 10.6. The van der Waals surface area contributed by atoms with E-state index < -0.39 is 0 Å². The standard InChI is InChI=1S/C21H23NO/c23-20-12-21(9-10-22-13-21)19-8-7-15(11-18(19)20)17-4-2-1-3-16(17)14-5-6-14/h1-4,7-8,11,14,20,22-23H,5-6,9-10,12-13H2/t20-,21?/m1/s1. The van der Waals surface area contributed by atoms with Gasteiger partial charge in [-0.3, -0.25) is 0 Å². The maximum Gasteiger partial charge on any atom is 0.0802 e. The van der Waals surface area contributed by atoms with Crippen molar-refractivity contribution in [3.8, 4) is 11.1 Å². The molecule has 23 heavy (non-hydrogen) atoms. The number of fused-ring (bicyclic) bond motifs is 2. The van der Waals surface area contributed by atoms with Gasteiger partial charge in [0, 0.05) is 12.0 Å². The molecule has 1 spiro atoms. The van der Waals surface area contributed by atoms with E-state index in [2.05, 4.69) is 47.8 Å². The monoisotopic (exact) mass is 305 g/mol. The van der Waals surface area contributed by atoms with Gasteiger partial charge in [-0.05, 0) is 72.0 Å². The number of benzene rings is 2. The number of hydrogen-bond donors (Lipinski definition) is 2. The minimum Gasteiger partial charge on any atom is -0.388 e. The molecule has 1 saturated carbocycles. The molecule has 0 amide bonds. The van der Waals surface area contributed by atoms with E-state index in [9.17, 15) is 5.11 Å². The molecule has 118 valence electrons. The molecule has 2 heteroatoms. The molecule has 1 unspecified atom stereocenters. The third-order valence-corrected chi connectivity index (χ3v) is 6.10. The first-order chi connectivity index (χ1) is 11.3. The topological polar surface area (TPSA) is 32.3 Å². The van der Waals surface area contributed by atoms with E-state index in [1.807, 2.05) is 0 Å². The second kappa shape index (κ2) is 4.93. The lowest BCUT2D eigenvalue weighted by molar-refractivity contribution is 0.158. The largest absolute Gasteiger partial charge is 0.388 e. The van der Waals surface area contributed by atoms with Crippen LogP contribution in [0.5, 0.6) is 0 Å². The van der Waals surface area contributed by atoms with Crippen LogP contribution in [0, 0.1) is 0 Å². The summed E-state index contributed by atoms with van der Waals surface area (Å²) in [5, 5.41) is 14.1. The Hall–Kier alpha value is -1.64. The Bertz CT molecular complexity index is 756. The number of hydrogen-bond acceptors (Lipinski definition) is 2. The second-order valence-corrected chi connectivity index (χ2v) is 7.59. The SMILES string of the molecule is O[C@@H]1CC2(CCNC2)c2ccc(-c3ccccc3C3CC3)cc21. The second-order valence-electron chi connectivity index (χ2n) is 7.59. The minimum absolute atomic E-state index is 0.170. The van der Waals surface area contributed by atoms with Crippen LogP contribution in [0.3, 0.4) is 0 Å². The molecule has 2 nitrogen and oxygen atoms in total. The highest BCUT2D eigenvalue weighted by Gasteiger charge is 2.45. The number of nitrogens with one attached hydrogen (secondary N) is 1. The van der Waals surface area contributed by atoms with E-state index in [0.29, 0.717) is 0 Å². The fourth-order valence-corrected chi connectivity index (χ4v) is 4.74. The zero-order chi connectivity index (χ0) is 15.4. The molecule has 0 aromatic heterocycles. The van der Waals surface area contributed by atoms with Crippen LogP contribution in [0.15, 0.2) is 42.5 Å². The van der Waals surface area contributed by atoms with Crippen LogP contribution in [0.2, 0.25) is 0 Å². The Labute approximate surface area is 137 Å². The van der Waals surface area contributed by atoms with Crippen LogP contribution >= 0.6 is 0 Å². The first-order valence-corrected chi connectivity index (χ1v) is 8.89. The quantitative estimate of drug-likeness (QED) is 0.882. The Kier molecular flexibility index (Phi) is 2.95. The average Bonchev–Trinajstić information content (AvgIpc) is 3.27. The van der Waals surface area contributed by atoms with Gasteiger partial charge in [0.1, 0.15) is 0 Å². The number of aliphatic hydroxyl groups is 1. The zero-order valence-electron chi connectivity index (χ0n) is 13.4. The number of rotatable bonds is 2. The molecule has 1 heterocycles. The summed E-state index contributed by atoms with van der Waals surface area (Å²) in [6.07, 6.45) is 4.36. The van der Waals surface area contributed by atoms with E-state index in [-0.39, 0.29) is 11.5 Å². The van der Waals surface area contributed by atoms with Gasteiger partial charge in [0.15, 0.2) is 0 Å². The highest BCUT2D eigenvalue weighted by atomic mass is 16.3. The lowest BCUT2D eigenvalue weighted by Crippen LogP contribution is -2.26. The van der Waals surface area contributed by atoms with Crippen LogP contribution in [-0.4, -0.2) is 18.2 Å². The molecule has 2 aromatic carbocycles. The lowest BCUT2D eigenvalue weighted by atomic mass is 9.80. The molecule has 0 bridgehead atoms. The van der Waals surface area contributed by atoms with Crippen LogP contribution < -0.4 is 5.32 Å². The van der Waals surface area contributed by atoms with Crippen molar-refractivity contribution in [1.29, 1.82) is 0 Å². The minimum atomic E-state index is -0.307.